The summed E-state index contributed by atoms with van der Waals surface area (Å²) in [6, 6.07) is 0. The topological polar surface area (TPSA) is 74.6 Å². The van der Waals surface area contributed by atoms with E-state index in [1.807, 2.05) is 0 Å². The van der Waals surface area contributed by atoms with Crippen molar-refractivity contribution in [3.05, 3.63) is 0 Å². The second kappa shape index (κ2) is 1.93. The van der Waals surface area contributed by atoms with Crippen LogP contribution in [-0.2, 0) is 9.84 Å². The summed E-state index contributed by atoms with van der Waals surface area (Å²) >= 11 is 0. The average Bonchev–Trinajstić information content (AvgIpc) is 1.79. The molecule has 0 aromatic heterocycles. The number of hydrogen-bond acceptors (Lipinski definition) is 4. The van der Waals surface area contributed by atoms with Crippen molar-refractivity contribution in [3.63, 3.8) is 0 Å². The van der Waals surface area contributed by atoms with Crippen LogP contribution in [0.1, 0.15) is 0 Å². The van der Waals surface area contributed by atoms with Crippen LogP contribution in [0.3, 0.4) is 0 Å². The molecule has 1 saturated heterocycles. The van der Waals surface area contributed by atoms with Crippen molar-refractivity contribution < 1.29 is 18.6 Å². The Bertz CT molecular complexity index is 179. The SMILES string of the molecule is O=S1(=O)C[C@@H](O)[C@@H](O)C1. The van der Waals surface area contributed by atoms with Crippen molar-refractivity contribution in [2.45, 2.75) is 12.2 Å². The highest BCUT2D eigenvalue weighted by atomic mass is 32.2. The van der Waals surface area contributed by atoms with Crippen LogP contribution >= 0.6 is 0 Å². The highest BCUT2D eigenvalue weighted by Gasteiger charge is 2.34. The Balaban J connectivity index is 2.77. The predicted molar refractivity (Wildman–Crippen MR) is 30.7 cm³/mol. The zero-order chi connectivity index (χ0) is 7.07. The van der Waals surface area contributed by atoms with Crippen LogP contribution in [0.5, 0.6) is 0 Å². The standard InChI is InChI=1S/C4H8O4S/c5-3-1-9(7,8)2-4(3)6/h3-6H,1-2H2/t3-,4+. The smallest absolute Gasteiger partial charge is 0.155 e. The molecule has 0 amide bonds. The molecule has 0 radical (unpaired) electrons. The lowest BCUT2D eigenvalue weighted by molar-refractivity contribution is 0.0572. The fraction of sp³-hybridized carbons (Fsp3) is 1.00. The Hall–Kier alpha value is -0.130. The molecule has 2 atom stereocenters. The molecule has 0 unspecified atom stereocenters. The van der Waals surface area contributed by atoms with Crippen molar-refractivity contribution in [2.24, 2.45) is 0 Å². The molecule has 0 saturated carbocycles. The van der Waals surface area contributed by atoms with Gasteiger partial charge in [0.25, 0.3) is 0 Å². The third-order valence-electron chi connectivity index (χ3n) is 1.29. The van der Waals surface area contributed by atoms with Crippen molar-refractivity contribution in [1.29, 1.82) is 0 Å². The Morgan fingerprint density at radius 3 is 1.56 bits per heavy atom. The van der Waals surface area contributed by atoms with E-state index < -0.39 is 22.0 Å². The molecule has 54 valence electrons. The molecule has 0 spiro atoms. The first-order chi connectivity index (χ1) is 4.01. The molecule has 0 aliphatic carbocycles. The summed E-state index contributed by atoms with van der Waals surface area (Å²) in [5.41, 5.74) is 0. The summed E-state index contributed by atoms with van der Waals surface area (Å²) in [6.07, 6.45) is -2.15. The van der Waals surface area contributed by atoms with Gasteiger partial charge in [-0.25, -0.2) is 8.42 Å². The minimum absolute atomic E-state index is 0.297. The third kappa shape index (κ3) is 1.41. The van der Waals surface area contributed by atoms with Gasteiger partial charge in [-0.1, -0.05) is 0 Å². The van der Waals surface area contributed by atoms with Crippen LogP contribution < -0.4 is 0 Å². The highest BCUT2D eigenvalue weighted by molar-refractivity contribution is 7.91. The first kappa shape index (κ1) is 6.98. The molecule has 1 aliphatic rings. The maximum Gasteiger partial charge on any atom is 0.155 e. The van der Waals surface area contributed by atoms with Gasteiger partial charge in [0.05, 0.1) is 23.7 Å². The molecule has 1 heterocycles. The summed E-state index contributed by atoms with van der Waals surface area (Å²) in [5.74, 6) is -0.595. The Morgan fingerprint density at radius 1 is 1.11 bits per heavy atom. The monoisotopic (exact) mass is 152 g/mol. The maximum atomic E-state index is 10.5. The molecule has 9 heavy (non-hydrogen) atoms. The fourth-order valence-corrected chi connectivity index (χ4v) is 2.43. The van der Waals surface area contributed by atoms with Gasteiger partial charge in [-0.15, -0.1) is 0 Å². The van der Waals surface area contributed by atoms with Gasteiger partial charge in [-0.2, -0.15) is 0 Å². The lowest BCUT2D eigenvalue weighted by Crippen LogP contribution is -2.22. The second-order valence-corrected chi connectivity index (χ2v) is 4.37. The molecular weight excluding hydrogens is 144 g/mol. The number of aliphatic hydroxyl groups is 2. The lowest BCUT2D eigenvalue weighted by atomic mass is 10.3. The van der Waals surface area contributed by atoms with Crippen molar-refractivity contribution in [2.75, 3.05) is 11.5 Å². The van der Waals surface area contributed by atoms with Crippen LogP contribution in [0.25, 0.3) is 0 Å². The number of hydrogen-bond donors (Lipinski definition) is 2. The van der Waals surface area contributed by atoms with Gasteiger partial charge >= 0.3 is 0 Å². The first-order valence-corrected chi connectivity index (χ1v) is 4.40. The van der Waals surface area contributed by atoms with E-state index >= 15 is 0 Å². The number of rotatable bonds is 0. The van der Waals surface area contributed by atoms with Gasteiger partial charge in [0, 0.05) is 0 Å². The summed E-state index contributed by atoms with van der Waals surface area (Å²) in [4.78, 5) is 0. The summed E-state index contributed by atoms with van der Waals surface area (Å²) < 4.78 is 21.1. The molecule has 1 aliphatic heterocycles. The molecule has 5 heteroatoms. The Morgan fingerprint density at radius 2 is 1.44 bits per heavy atom. The second-order valence-electron chi connectivity index (χ2n) is 2.21. The summed E-state index contributed by atoms with van der Waals surface area (Å²) in [6.45, 7) is 0. The third-order valence-corrected chi connectivity index (χ3v) is 2.99. The van der Waals surface area contributed by atoms with Gasteiger partial charge in [0.15, 0.2) is 9.84 Å². The van der Waals surface area contributed by atoms with Crippen LogP contribution in [0.4, 0.5) is 0 Å². The highest BCUT2D eigenvalue weighted by Crippen LogP contribution is 2.11. The van der Waals surface area contributed by atoms with Gasteiger partial charge < -0.3 is 10.2 Å². The van der Waals surface area contributed by atoms with E-state index in [2.05, 4.69) is 0 Å². The summed E-state index contributed by atoms with van der Waals surface area (Å²) in [5, 5.41) is 17.4. The molecule has 0 aromatic rings. The normalized spacial score (nSPS) is 41.1. The van der Waals surface area contributed by atoms with Crippen molar-refractivity contribution >= 4 is 9.84 Å². The molecule has 0 aromatic carbocycles. The van der Waals surface area contributed by atoms with E-state index in [0.717, 1.165) is 0 Å². The van der Waals surface area contributed by atoms with Crippen LogP contribution in [0.15, 0.2) is 0 Å². The Kier molecular flexibility index (Phi) is 1.50. The van der Waals surface area contributed by atoms with Crippen molar-refractivity contribution in [3.8, 4) is 0 Å². The van der Waals surface area contributed by atoms with Gasteiger partial charge in [0.1, 0.15) is 0 Å². The zero-order valence-corrected chi connectivity index (χ0v) is 5.50. The van der Waals surface area contributed by atoms with E-state index in [1.54, 1.807) is 0 Å². The Labute approximate surface area is 53.0 Å². The molecule has 1 rings (SSSR count). The van der Waals surface area contributed by atoms with E-state index in [9.17, 15) is 8.42 Å². The predicted octanol–water partition coefficient (Wildman–Crippen LogP) is -1.86. The minimum atomic E-state index is -3.14. The zero-order valence-electron chi connectivity index (χ0n) is 4.69. The van der Waals surface area contributed by atoms with Crippen LogP contribution in [0, 0.1) is 0 Å². The largest absolute Gasteiger partial charge is 0.389 e. The van der Waals surface area contributed by atoms with Crippen LogP contribution in [0.2, 0.25) is 0 Å². The lowest BCUT2D eigenvalue weighted by Gasteiger charge is -2.00. The summed E-state index contributed by atoms with van der Waals surface area (Å²) in [7, 11) is -3.14. The maximum absolute atomic E-state index is 10.5. The van der Waals surface area contributed by atoms with E-state index in [-0.39, 0.29) is 11.5 Å². The van der Waals surface area contributed by atoms with Gasteiger partial charge in [-0.3, -0.25) is 0 Å². The molecule has 0 bridgehead atoms. The van der Waals surface area contributed by atoms with Crippen LogP contribution in [-0.4, -0.2) is 42.3 Å². The van der Waals surface area contributed by atoms with E-state index in [1.165, 1.54) is 0 Å². The van der Waals surface area contributed by atoms with Crippen molar-refractivity contribution in [1.82, 2.24) is 0 Å². The average molecular weight is 152 g/mol. The molecule has 1 fully saturated rings. The van der Waals surface area contributed by atoms with E-state index in [0.29, 0.717) is 0 Å². The first-order valence-electron chi connectivity index (χ1n) is 2.58. The quantitative estimate of drug-likeness (QED) is 0.426. The molecule has 4 nitrogen and oxygen atoms in total. The van der Waals surface area contributed by atoms with E-state index in [4.69, 9.17) is 10.2 Å². The minimum Gasteiger partial charge on any atom is -0.389 e. The number of aliphatic hydroxyl groups excluding tert-OH is 2. The van der Waals surface area contributed by atoms with Gasteiger partial charge in [-0.05, 0) is 0 Å². The number of sulfone groups is 1. The molecule has 2 N–H and O–H groups in total. The molecular formula is C4H8O4S. The van der Waals surface area contributed by atoms with Gasteiger partial charge in [0.2, 0.25) is 0 Å². The fourth-order valence-electron chi connectivity index (χ4n) is 0.811.